The molecule has 0 aromatic carbocycles. The van der Waals surface area contributed by atoms with Crippen molar-refractivity contribution in [3.05, 3.63) is 0 Å². The first-order valence-electron chi connectivity index (χ1n) is 2.14. The van der Waals surface area contributed by atoms with Gasteiger partial charge in [-0.05, 0) is 0 Å². The highest BCUT2D eigenvalue weighted by atomic mass is 31.2. The molecule has 5 nitrogen and oxygen atoms in total. The lowest BCUT2D eigenvalue weighted by atomic mass is 10.5. The lowest BCUT2D eigenvalue weighted by Gasteiger charge is -1.99. The van der Waals surface area contributed by atoms with Crippen LogP contribution < -0.4 is 0 Å². The number of Topliss-reactive ketones (excluding diaryl/α,β-unsaturated/α-hetero) is 1. The lowest BCUT2D eigenvalue weighted by Crippen LogP contribution is -2.12. The Morgan fingerprint density at radius 1 is 1.33 bits per heavy atom. The molecule has 0 atom stereocenters. The van der Waals surface area contributed by atoms with Crippen LogP contribution in [0.25, 0.3) is 0 Å². The highest BCUT2D eigenvalue weighted by Gasteiger charge is 2.32. The molecule has 0 unspecified atom stereocenters. The number of ketones is 1. The van der Waals surface area contributed by atoms with Gasteiger partial charge in [-0.15, -0.1) is 0 Å². The smallest absolute Gasteiger partial charge is 0.388 e. The first kappa shape index (κ1) is 8.94. The molecule has 9 heavy (non-hydrogen) atoms. The summed E-state index contributed by atoms with van der Waals surface area (Å²) < 4.78 is 0. The second-order valence-corrected chi connectivity index (χ2v) is 3.25. The van der Waals surface area contributed by atoms with Gasteiger partial charge in [-0.1, -0.05) is 0 Å². The molecular formula is C3H8O5P+. The molecule has 0 amide bonds. The SMILES string of the molecule is O=C(CO)C[P+](O)(O)O. The molecule has 0 saturated carbocycles. The van der Waals surface area contributed by atoms with Gasteiger partial charge in [0.2, 0.25) is 11.9 Å². The molecular weight excluding hydrogens is 147 g/mol. The average molecular weight is 155 g/mol. The summed E-state index contributed by atoms with van der Waals surface area (Å²) >= 11 is 0. The zero-order chi connectivity index (χ0) is 7.49. The van der Waals surface area contributed by atoms with Gasteiger partial charge in [0.05, 0.1) is 0 Å². The molecule has 0 aromatic rings. The van der Waals surface area contributed by atoms with E-state index in [0.29, 0.717) is 0 Å². The molecule has 0 bridgehead atoms. The zero-order valence-corrected chi connectivity index (χ0v) is 5.45. The van der Waals surface area contributed by atoms with Crippen molar-refractivity contribution in [3.8, 4) is 0 Å². The molecule has 54 valence electrons. The van der Waals surface area contributed by atoms with Crippen LogP contribution >= 0.6 is 7.94 Å². The fraction of sp³-hybridized carbons (Fsp3) is 0.667. The quantitative estimate of drug-likeness (QED) is 0.364. The number of rotatable bonds is 3. The molecule has 4 N–H and O–H groups in total. The summed E-state index contributed by atoms with van der Waals surface area (Å²) in [6.07, 6.45) is -0.760. The normalized spacial score (nSPS) is 11.6. The summed E-state index contributed by atoms with van der Waals surface area (Å²) in [5.74, 6) is -0.782. The highest BCUT2D eigenvalue weighted by Crippen LogP contribution is 2.43. The molecule has 0 fully saturated rings. The Morgan fingerprint density at radius 2 is 1.78 bits per heavy atom. The Labute approximate surface area is 52.2 Å². The summed E-state index contributed by atoms with van der Waals surface area (Å²) in [5, 5.41) is 8.03. The van der Waals surface area contributed by atoms with Gasteiger partial charge < -0.3 is 5.11 Å². The second-order valence-electron chi connectivity index (χ2n) is 1.55. The fourth-order valence-corrected chi connectivity index (χ4v) is 0.860. The third-order valence-corrected chi connectivity index (χ3v) is 1.34. The minimum absolute atomic E-state index is 0.760. The van der Waals surface area contributed by atoms with E-state index in [4.69, 9.17) is 19.8 Å². The maximum Gasteiger partial charge on any atom is 0.411 e. The van der Waals surface area contributed by atoms with Gasteiger partial charge in [-0.3, -0.25) is 4.79 Å². The Balaban J connectivity index is 3.60. The largest absolute Gasteiger partial charge is 0.411 e. The number of carbonyl (C=O) groups excluding carboxylic acids is 1. The molecule has 0 heterocycles. The van der Waals surface area contributed by atoms with Crippen molar-refractivity contribution in [3.63, 3.8) is 0 Å². The Hall–Kier alpha value is -0.0600. The first-order valence-corrected chi connectivity index (χ1v) is 3.98. The van der Waals surface area contributed by atoms with Gasteiger partial charge in [-0.25, -0.2) is 0 Å². The molecule has 0 aliphatic carbocycles. The molecule has 0 saturated heterocycles. The predicted octanol–water partition coefficient (Wildman–Crippen LogP) is -1.71. The van der Waals surface area contributed by atoms with Crippen LogP contribution in [0.4, 0.5) is 0 Å². The number of hydrogen-bond donors (Lipinski definition) is 4. The Kier molecular flexibility index (Phi) is 3.17. The predicted molar refractivity (Wildman–Crippen MR) is 30.5 cm³/mol. The minimum atomic E-state index is -4.00. The van der Waals surface area contributed by atoms with Gasteiger partial charge >= 0.3 is 7.94 Å². The number of carbonyl (C=O) groups is 1. The number of aliphatic hydroxyl groups excluding tert-OH is 1. The van der Waals surface area contributed by atoms with E-state index in [1.807, 2.05) is 0 Å². The van der Waals surface area contributed by atoms with E-state index in [2.05, 4.69) is 0 Å². The van der Waals surface area contributed by atoms with E-state index in [-0.39, 0.29) is 0 Å². The summed E-state index contributed by atoms with van der Waals surface area (Å²) in [7, 11) is -4.00. The van der Waals surface area contributed by atoms with Gasteiger partial charge in [0, 0.05) is 0 Å². The summed E-state index contributed by atoms with van der Waals surface area (Å²) in [6, 6.07) is 0. The maximum absolute atomic E-state index is 10.1. The molecule has 0 radical (unpaired) electrons. The van der Waals surface area contributed by atoms with E-state index < -0.39 is 26.5 Å². The molecule has 0 aliphatic rings. The van der Waals surface area contributed by atoms with Crippen molar-refractivity contribution >= 4 is 13.7 Å². The topological polar surface area (TPSA) is 98.0 Å². The van der Waals surface area contributed by atoms with Crippen LogP contribution in [-0.4, -0.2) is 38.3 Å². The van der Waals surface area contributed by atoms with Crippen LogP contribution in [0.3, 0.4) is 0 Å². The van der Waals surface area contributed by atoms with Crippen molar-refractivity contribution < 1.29 is 24.6 Å². The summed E-state index contributed by atoms with van der Waals surface area (Å²) in [6.45, 7) is -0.774. The third-order valence-electron chi connectivity index (χ3n) is 0.565. The van der Waals surface area contributed by atoms with Crippen LogP contribution in [0.2, 0.25) is 0 Å². The second kappa shape index (κ2) is 3.20. The van der Waals surface area contributed by atoms with Crippen LogP contribution in [0.15, 0.2) is 0 Å². The molecule has 6 heteroatoms. The van der Waals surface area contributed by atoms with Crippen LogP contribution in [-0.2, 0) is 4.79 Å². The average Bonchev–Trinajstić information content (AvgIpc) is 1.62. The maximum atomic E-state index is 10.1. The summed E-state index contributed by atoms with van der Waals surface area (Å²) in [5.41, 5.74) is 0. The van der Waals surface area contributed by atoms with Crippen molar-refractivity contribution in [2.24, 2.45) is 0 Å². The van der Waals surface area contributed by atoms with E-state index in [9.17, 15) is 4.79 Å². The van der Waals surface area contributed by atoms with Gasteiger partial charge in [-0.2, -0.15) is 14.7 Å². The molecule has 0 aliphatic heterocycles. The Bertz CT molecular complexity index is 105. The van der Waals surface area contributed by atoms with Crippen molar-refractivity contribution in [2.45, 2.75) is 0 Å². The Morgan fingerprint density at radius 3 is 1.89 bits per heavy atom. The monoisotopic (exact) mass is 155 g/mol. The van der Waals surface area contributed by atoms with Gasteiger partial charge in [0.15, 0.2) is 0 Å². The van der Waals surface area contributed by atoms with Crippen LogP contribution in [0, 0.1) is 0 Å². The zero-order valence-electron chi connectivity index (χ0n) is 4.56. The highest BCUT2D eigenvalue weighted by molar-refractivity contribution is 7.59. The number of hydrogen-bond acceptors (Lipinski definition) is 5. The fourth-order valence-electron chi connectivity index (χ4n) is 0.287. The number of aliphatic hydroxyl groups is 1. The summed E-state index contributed by atoms with van der Waals surface area (Å²) in [4.78, 5) is 34.8. The van der Waals surface area contributed by atoms with E-state index >= 15 is 0 Å². The molecule has 0 rings (SSSR count). The van der Waals surface area contributed by atoms with E-state index in [1.165, 1.54) is 0 Å². The standard InChI is InChI=1S/C3H8O5P/c4-1-3(5)2-9(6,7)8/h4,6-8H,1-2H2/q+1. The van der Waals surface area contributed by atoms with Crippen LogP contribution in [0.1, 0.15) is 0 Å². The van der Waals surface area contributed by atoms with E-state index in [0.717, 1.165) is 0 Å². The van der Waals surface area contributed by atoms with Gasteiger partial charge in [0.1, 0.15) is 6.61 Å². The van der Waals surface area contributed by atoms with Crippen molar-refractivity contribution in [1.82, 2.24) is 0 Å². The molecule has 0 spiro atoms. The van der Waals surface area contributed by atoms with Gasteiger partial charge in [0.25, 0.3) is 0 Å². The third kappa shape index (κ3) is 5.82. The molecule has 0 aromatic heterocycles. The van der Waals surface area contributed by atoms with Crippen LogP contribution in [0.5, 0.6) is 0 Å². The van der Waals surface area contributed by atoms with E-state index in [1.54, 1.807) is 0 Å². The first-order chi connectivity index (χ1) is 3.95. The van der Waals surface area contributed by atoms with Crippen molar-refractivity contribution in [1.29, 1.82) is 0 Å². The lowest BCUT2D eigenvalue weighted by molar-refractivity contribution is -0.119. The minimum Gasteiger partial charge on any atom is -0.388 e. The van der Waals surface area contributed by atoms with Crippen molar-refractivity contribution in [2.75, 3.05) is 12.8 Å².